The van der Waals surface area contributed by atoms with Crippen molar-refractivity contribution in [1.29, 1.82) is 0 Å². The molecule has 1 N–H and O–H groups in total. The molecule has 0 aliphatic heterocycles. The lowest BCUT2D eigenvalue weighted by molar-refractivity contribution is -0.115. The number of rotatable bonds is 3. The normalized spacial score (nSPS) is 10.2. The number of aromatic nitrogens is 5. The van der Waals surface area contributed by atoms with E-state index in [4.69, 9.17) is 0 Å². The lowest BCUT2D eigenvalue weighted by Crippen LogP contribution is -2.17. The molecule has 0 aliphatic rings. The molecule has 0 unspecified atom stereocenters. The molecule has 2 rings (SSSR count). The fraction of sp³-hybridized carbons (Fsp3) is 0.300. The summed E-state index contributed by atoms with van der Waals surface area (Å²) >= 11 is 0. The summed E-state index contributed by atoms with van der Waals surface area (Å²) in [6.07, 6.45) is 1.82. The van der Waals surface area contributed by atoms with E-state index >= 15 is 0 Å². The van der Waals surface area contributed by atoms with E-state index in [1.54, 1.807) is 19.3 Å². The van der Waals surface area contributed by atoms with Crippen molar-refractivity contribution in [2.45, 2.75) is 13.3 Å². The summed E-state index contributed by atoms with van der Waals surface area (Å²) in [5, 5.41) is 13.5. The van der Waals surface area contributed by atoms with Crippen LogP contribution in [-0.2, 0) is 18.3 Å². The van der Waals surface area contributed by atoms with Gasteiger partial charge in [0.2, 0.25) is 5.91 Å². The minimum absolute atomic E-state index is 0.124. The van der Waals surface area contributed by atoms with Gasteiger partial charge in [0, 0.05) is 13.2 Å². The summed E-state index contributed by atoms with van der Waals surface area (Å²) in [5.74, 6) is 0.838. The quantitative estimate of drug-likeness (QED) is 0.810. The Morgan fingerprint density at radius 3 is 2.88 bits per heavy atom. The Bertz CT molecular complexity index is 518. The van der Waals surface area contributed by atoms with E-state index in [0.717, 1.165) is 5.56 Å². The van der Waals surface area contributed by atoms with Crippen LogP contribution in [-0.4, -0.2) is 31.1 Å². The zero-order valence-corrected chi connectivity index (χ0v) is 9.58. The summed E-state index contributed by atoms with van der Waals surface area (Å²) in [4.78, 5) is 15.7. The van der Waals surface area contributed by atoms with Gasteiger partial charge in [0.25, 0.3) is 0 Å². The number of anilines is 1. The smallest absolute Gasteiger partial charge is 0.233 e. The third kappa shape index (κ3) is 2.83. The summed E-state index contributed by atoms with van der Waals surface area (Å²) in [7, 11) is 1.69. The first kappa shape index (κ1) is 11.2. The number of hydrogen-bond donors (Lipinski definition) is 1. The van der Waals surface area contributed by atoms with Gasteiger partial charge >= 0.3 is 0 Å². The van der Waals surface area contributed by atoms with Crippen LogP contribution >= 0.6 is 0 Å². The second kappa shape index (κ2) is 4.69. The Kier molecular flexibility index (Phi) is 3.08. The fourth-order valence-corrected chi connectivity index (χ4v) is 1.27. The van der Waals surface area contributed by atoms with Crippen LogP contribution in [0.15, 0.2) is 18.3 Å². The SMILES string of the molecule is Cc1ccc(NC(=O)Cc2nnnn2C)nc1. The van der Waals surface area contributed by atoms with Crippen molar-refractivity contribution in [2.24, 2.45) is 7.05 Å². The van der Waals surface area contributed by atoms with Crippen molar-refractivity contribution in [3.8, 4) is 0 Å². The third-order valence-electron chi connectivity index (χ3n) is 2.21. The Hall–Kier alpha value is -2.31. The number of hydrogen-bond acceptors (Lipinski definition) is 5. The summed E-state index contributed by atoms with van der Waals surface area (Å²) in [6.45, 7) is 1.93. The Balaban J connectivity index is 1.98. The largest absolute Gasteiger partial charge is 0.310 e. The highest BCUT2D eigenvalue weighted by molar-refractivity contribution is 5.90. The number of nitrogens with zero attached hydrogens (tertiary/aromatic N) is 5. The van der Waals surface area contributed by atoms with E-state index in [-0.39, 0.29) is 12.3 Å². The molecule has 0 bridgehead atoms. The molecule has 1 amide bonds. The highest BCUT2D eigenvalue weighted by atomic mass is 16.1. The Morgan fingerprint density at radius 1 is 1.47 bits per heavy atom. The maximum Gasteiger partial charge on any atom is 0.233 e. The number of aryl methyl sites for hydroxylation is 2. The first-order chi connectivity index (χ1) is 8.15. The average Bonchev–Trinajstić information content (AvgIpc) is 2.68. The van der Waals surface area contributed by atoms with E-state index in [1.807, 2.05) is 13.0 Å². The highest BCUT2D eigenvalue weighted by Crippen LogP contribution is 2.04. The maximum atomic E-state index is 11.7. The predicted molar refractivity (Wildman–Crippen MR) is 60.1 cm³/mol. The summed E-state index contributed by atoms with van der Waals surface area (Å²) < 4.78 is 1.46. The molecule has 0 spiro atoms. The van der Waals surface area contributed by atoms with Crippen LogP contribution in [0.3, 0.4) is 0 Å². The lowest BCUT2D eigenvalue weighted by atomic mass is 10.3. The van der Waals surface area contributed by atoms with Crippen molar-refractivity contribution >= 4 is 11.7 Å². The van der Waals surface area contributed by atoms with Gasteiger partial charge in [0.15, 0.2) is 5.82 Å². The Labute approximate surface area is 97.9 Å². The molecular formula is C10H12N6O. The van der Waals surface area contributed by atoms with Crippen LogP contribution in [0.5, 0.6) is 0 Å². The molecule has 2 aromatic heterocycles. The molecule has 7 heteroatoms. The van der Waals surface area contributed by atoms with Crippen molar-refractivity contribution < 1.29 is 4.79 Å². The van der Waals surface area contributed by atoms with Crippen LogP contribution in [0, 0.1) is 6.92 Å². The molecule has 7 nitrogen and oxygen atoms in total. The molecular weight excluding hydrogens is 220 g/mol. The summed E-state index contributed by atoms with van der Waals surface area (Å²) in [6, 6.07) is 3.63. The topological polar surface area (TPSA) is 85.6 Å². The molecule has 2 heterocycles. The monoisotopic (exact) mass is 232 g/mol. The van der Waals surface area contributed by atoms with Gasteiger partial charge in [0.05, 0.1) is 6.42 Å². The summed E-state index contributed by atoms with van der Waals surface area (Å²) in [5.41, 5.74) is 1.04. The lowest BCUT2D eigenvalue weighted by Gasteiger charge is -2.03. The standard InChI is InChI=1S/C10H12N6O/c1-7-3-4-8(11-6-7)12-10(17)5-9-13-14-15-16(9)2/h3-4,6H,5H2,1-2H3,(H,11,12,17). The van der Waals surface area contributed by atoms with Gasteiger partial charge in [-0.1, -0.05) is 6.07 Å². The van der Waals surface area contributed by atoms with Gasteiger partial charge in [-0.2, -0.15) is 0 Å². The van der Waals surface area contributed by atoms with Crippen molar-refractivity contribution in [1.82, 2.24) is 25.2 Å². The molecule has 0 atom stereocenters. The minimum Gasteiger partial charge on any atom is -0.310 e. The number of carbonyl (C=O) groups excluding carboxylic acids is 1. The molecule has 88 valence electrons. The van der Waals surface area contributed by atoms with E-state index in [9.17, 15) is 4.79 Å². The maximum absolute atomic E-state index is 11.7. The second-order valence-corrected chi connectivity index (χ2v) is 3.66. The average molecular weight is 232 g/mol. The molecule has 0 aromatic carbocycles. The first-order valence-electron chi connectivity index (χ1n) is 5.09. The molecule has 17 heavy (non-hydrogen) atoms. The molecule has 0 aliphatic carbocycles. The van der Waals surface area contributed by atoms with Gasteiger partial charge < -0.3 is 5.32 Å². The molecule has 0 radical (unpaired) electrons. The third-order valence-corrected chi connectivity index (χ3v) is 2.21. The van der Waals surface area contributed by atoms with Crippen LogP contribution < -0.4 is 5.32 Å². The van der Waals surface area contributed by atoms with E-state index < -0.39 is 0 Å². The number of amides is 1. The van der Waals surface area contributed by atoms with Crippen LogP contribution in [0.1, 0.15) is 11.4 Å². The Morgan fingerprint density at radius 2 is 2.29 bits per heavy atom. The zero-order chi connectivity index (χ0) is 12.3. The minimum atomic E-state index is -0.195. The number of carbonyl (C=O) groups is 1. The second-order valence-electron chi connectivity index (χ2n) is 3.66. The number of pyridine rings is 1. The first-order valence-corrected chi connectivity index (χ1v) is 5.09. The predicted octanol–water partition coefficient (Wildman–Crippen LogP) is 0.0947. The van der Waals surface area contributed by atoms with Gasteiger partial charge in [-0.25, -0.2) is 9.67 Å². The number of tetrazole rings is 1. The number of nitrogens with one attached hydrogen (secondary N) is 1. The molecule has 0 fully saturated rings. The molecule has 2 aromatic rings. The van der Waals surface area contributed by atoms with E-state index in [0.29, 0.717) is 11.6 Å². The fourth-order valence-electron chi connectivity index (χ4n) is 1.27. The van der Waals surface area contributed by atoms with Crippen LogP contribution in [0.25, 0.3) is 0 Å². The zero-order valence-electron chi connectivity index (χ0n) is 9.58. The van der Waals surface area contributed by atoms with Crippen molar-refractivity contribution in [3.05, 3.63) is 29.7 Å². The van der Waals surface area contributed by atoms with Gasteiger partial charge in [-0.3, -0.25) is 4.79 Å². The van der Waals surface area contributed by atoms with Crippen LogP contribution in [0.4, 0.5) is 5.82 Å². The molecule has 0 saturated heterocycles. The van der Waals surface area contributed by atoms with Crippen molar-refractivity contribution in [2.75, 3.05) is 5.32 Å². The highest BCUT2D eigenvalue weighted by Gasteiger charge is 2.09. The van der Waals surface area contributed by atoms with Gasteiger partial charge in [-0.15, -0.1) is 5.10 Å². The van der Waals surface area contributed by atoms with E-state index in [2.05, 4.69) is 25.8 Å². The van der Waals surface area contributed by atoms with E-state index in [1.165, 1.54) is 4.68 Å². The molecule has 0 saturated carbocycles. The van der Waals surface area contributed by atoms with Gasteiger partial charge in [0.1, 0.15) is 5.82 Å². The van der Waals surface area contributed by atoms with Crippen molar-refractivity contribution in [3.63, 3.8) is 0 Å². The van der Waals surface area contributed by atoms with Crippen LogP contribution in [0.2, 0.25) is 0 Å². The van der Waals surface area contributed by atoms with Gasteiger partial charge in [-0.05, 0) is 29.0 Å².